The molecule has 4 rings (SSSR count). The zero-order valence-corrected chi connectivity index (χ0v) is 20.8. The van der Waals surface area contributed by atoms with Gasteiger partial charge in [-0.05, 0) is 23.8 Å². The first-order valence-electron chi connectivity index (χ1n) is 9.75. The van der Waals surface area contributed by atoms with Crippen LogP contribution in [0.25, 0.3) is 33.7 Å². The molecule has 0 saturated heterocycles. The number of rotatable bonds is 2. The maximum absolute atomic E-state index is 14.3. The van der Waals surface area contributed by atoms with E-state index in [-0.39, 0.29) is 70.2 Å². The molecule has 0 fully saturated rings. The number of hydrogen-bond acceptors (Lipinski definition) is 3. The fourth-order valence-corrected chi connectivity index (χ4v) is 3.72. The summed E-state index contributed by atoms with van der Waals surface area (Å²) < 4.78 is 57.4. The summed E-state index contributed by atoms with van der Waals surface area (Å²) in [6.07, 6.45) is -4.72. The van der Waals surface area contributed by atoms with Crippen molar-refractivity contribution in [3.63, 3.8) is 0 Å². The van der Waals surface area contributed by atoms with Crippen LogP contribution in [0.3, 0.4) is 0 Å². The van der Waals surface area contributed by atoms with Gasteiger partial charge >= 0.3 is 35.7 Å². The van der Waals surface area contributed by atoms with E-state index >= 15 is 0 Å². The van der Waals surface area contributed by atoms with Gasteiger partial charge < -0.3 is 6.41 Å². The third-order valence-corrected chi connectivity index (χ3v) is 5.17. The van der Waals surface area contributed by atoms with Crippen LogP contribution in [0.15, 0.2) is 36.4 Å². The Morgan fingerprint density at radius 2 is 1.79 bits per heavy atom. The van der Waals surface area contributed by atoms with E-state index in [1.807, 2.05) is 20.8 Å². The van der Waals surface area contributed by atoms with Crippen LogP contribution in [0, 0.1) is 17.1 Å². The predicted octanol–water partition coefficient (Wildman–Crippen LogP) is 3.07. The van der Waals surface area contributed by atoms with Crippen LogP contribution in [0.2, 0.25) is 0 Å². The number of hydrogen-bond donors (Lipinski definition) is 1. The van der Waals surface area contributed by atoms with Gasteiger partial charge in [0, 0.05) is 18.0 Å². The molecular weight excluding hydrogens is 445 g/mol. The van der Waals surface area contributed by atoms with Gasteiger partial charge in [0.05, 0.1) is 16.8 Å². The van der Waals surface area contributed by atoms with Gasteiger partial charge in [0.25, 0.3) is 0 Å². The van der Waals surface area contributed by atoms with Crippen molar-refractivity contribution in [2.75, 3.05) is 0 Å². The molecule has 2 aromatic carbocycles. The van der Waals surface area contributed by atoms with Crippen molar-refractivity contribution >= 4 is 11.0 Å². The van der Waals surface area contributed by atoms with Crippen molar-refractivity contribution in [2.24, 2.45) is 7.05 Å². The molecule has 1 N–H and O–H groups in total. The number of H-pyrrole nitrogens is 1. The number of benzene rings is 2. The molecule has 166 valence electrons. The number of aryl methyl sites for hydroxylation is 1. The minimum atomic E-state index is -4.72. The summed E-state index contributed by atoms with van der Waals surface area (Å²) in [4.78, 5) is 7.08. The van der Waals surface area contributed by atoms with Crippen molar-refractivity contribution in [3.8, 4) is 28.7 Å². The molecule has 0 aliphatic rings. The van der Waals surface area contributed by atoms with Gasteiger partial charge in [-0.25, -0.2) is 9.37 Å². The minimum Gasteiger partial charge on any atom is -1.00 e. The number of nitrogens with one attached hydrogen (secondary N) is 1. The van der Waals surface area contributed by atoms with E-state index in [4.69, 9.17) is 0 Å². The third kappa shape index (κ3) is 4.43. The van der Waals surface area contributed by atoms with Gasteiger partial charge in [0.1, 0.15) is 28.7 Å². The van der Waals surface area contributed by atoms with Crippen LogP contribution >= 0.6 is 0 Å². The molecule has 0 aliphatic heterocycles. The zero-order chi connectivity index (χ0) is 23.4. The molecular formula is C23H20F4N5Na. The van der Waals surface area contributed by atoms with Gasteiger partial charge in [0.15, 0.2) is 5.82 Å². The van der Waals surface area contributed by atoms with Gasteiger partial charge in [-0.2, -0.15) is 23.5 Å². The second-order valence-corrected chi connectivity index (χ2v) is 8.54. The van der Waals surface area contributed by atoms with Crippen molar-refractivity contribution in [2.45, 2.75) is 32.4 Å². The Balaban J connectivity index is 0.00000204. The maximum atomic E-state index is 14.3. The fraction of sp³-hybridized carbons (Fsp3) is 0.261. The van der Waals surface area contributed by atoms with E-state index in [0.717, 1.165) is 6.07 Å². The molecule has 0 saturated carbocycles. The largest absolute Gasteiger partial charge is 1.00 e. The first-order chi connectivity index (χ1) is 14.9. The van der Waals surface area contributed by atoms with E-state index in [2.05, 4.69) is 21.1 Å². The molecule has 5 nitrogen and oxygen atoms in total. The van der Waals surface area contributed by atoms with Crippen molar-refractivity contribution in [1.82, 2.24) is 19.7 Å². The van der Waals surface area contributed by atoms with Crippen LogP contribution in [0.5, 0.6) is 0 Å². The summed E-state index contributed by atoms with van der Waals surface area (Å²) in [6, 6.07) is 10.0. The Hall–Kier alpha value is -2.67. The number of alkyl halides is 3. The smallest absolute Gasteiger partial charge is 1.00 e. The molecule has 2 aromatic heterocycles. The average Bonchev–Trinajstić information content (AvgIpc) is 3.26. The first kappa shape index (κ1) is 25.0. The van der Waals surface area contributed by atoms with Crippen LogP contribution in [-0.2, 0) is 18.6 Å². The Labute approximate surface area is 211 Å². The Morgan fingerprint density at radius 3 is 2.36 bits per heavy atom. The quantitative estimate of drug-likeness (QED) is 0.366. The molecule has 0 spiro atoms. The molecule has 0 unspecified atom stereocenters. The molecule has 10 heteroatoms. The Bertz CT molecular complexity index is 1390. The zero-order valence-electron chi connectivity index (χ0n) is 19.8. The summed E-state index contributed by atoms with van der Waals surface area (Å²) in [6.45, 7) is 5.67. The SMILES string of the molecule is Cn1nc(C(C)(C)C)c(C#N)c1-c1nc2c(C(F)(F)F)cc(-c3ccccc3F)cc2[nH]1.[H-].[Na+]. The van der Waals surface area contributed by atoms with E-state index < -0.39 is 23.0 Å². The number of halogens is 4. The molecule has 0 amide bonds. The summed E-state index contributed by atoms with van der Waals surface area (Å²) in [5.74, 6) is -0.550. The van der Waals surface area contributed by atoms with Gasteiger partial charge in [-0.3, -0.25) is 4.68 Å². The van der Waals surface area contributed by atoms with Crippen LogP contribution in [-0.4, -0.2) is 19.7 Å². The Morgan fingerprint density at radius 1 is 1.12 bits per heavy atom. The number of imidazole rings is 1. The third-order valence-electron chi connectivity index (χ3n) is 5.17. The van der Waals surface area contributed by atoms with Gasteiger partial charge in [0.2, 0.25) is 0 Å². The van der Waals surface area contributed by atoms with Crippen molar-refractivity contribution < 1.29 is 48.5 Å². The number of nitriles is 1. The topological polar surface area (TPSA) is 70.3 Å². The Kier molecular flexibility index (Phi) is 6.50. The van der Waals surface area contributed by atoms with Crippen molar-refractivity contribution in [3.05, 3.63) is 59.0 Å². The van der Waals surface area contributed by atoms with Crippen LogP contribution in [0.1, 0.15) is 39.0 Å². The van der Waals surface area contributed by atoms with Gasteiger partial charge in [-0.1, -0.05) is 39.0 Å². The molecule has 0 atom stereocenters. The maximum Gasteiger partial charge on any atom is 1.00 e. The summed E-state index contributed by atoms with van der Waals surface area (Å²) >= 11 is 0. The standard InChI is InChI=1S/C23H19F4N5.Na.H/c1-22(2,3)20-14(11-28)19(32(4)31-20)21-29-17-10-12(13-7-5-6-8-16(13)24)9-15(18(17)30-21)23(25,26)27;;/h5-10H,1-4H3,(H,29,30);;/q;+1;-1. The van der Waals surface area contributed by atoms with Crippen molar-refractivity contribution in [1.29, 1.82) is 5.26 Å². The molecule has 4 aromatic rings. The summed E-state index contributed by atoms with van der Waals surface area (Å²) in [7, 11) is 1.61. The number of aromatic amines is 1. The van der Waals surface area contributed by atoms with Crippen LogP contribution in [0.4, 0.5) is 17.6 Å². The molecule has 0 aliphatic carbocycles. The van der Waals surface area contributed by atoms with E-state index in [0.29, 0.717) is 5.69 Å². The molecule has 2 heterocycles. The van der Waals surface area contributed by atoms with E-state index in [9.17, 15) is 22.8 Å². The predicted molar refractivity (Wildman–Crippen MR) is 113 cm³/mol. The van der Waals surface area contributed by atoms with Crippen LogP contribution < -0.4 is 29.6 Å². The fourth-order valence-electron chi connectivity index (χ4n) is 3.72. The first-order valence-corrected chi connectivity index (χ1v) is 9.75. The normalized spacial score (nSPS) is 12.0. The van der Waals surface area contributed by atoms with E-state index in [1.165, 1.54) is 28.9 Å². The molecule has 0 radical (unpaired) electrons. The summed E-state index contributed by atoms with van der Waals surface area (Å²) in [5.41, 5.74) is -0.527. The van der Waals surface area contributed by atoms with E-state index in [1.54, 1.807) is 13.1 Å². The second-order valence-electron chi connectivity index (χ2n) is 8.54. The second kappa shape index (κ2) is 8.60. The number of aromatic nitrogens is 4. The molecule has 0 bridgehead atoms. The summed E-state index contributed by atoms with van der Waals surface area (Å²) in [5, 5.41) is 14.2. The number of nitrogens with zero attached hydrogens (tertiary/aromatic N) is 4. The average molecular weight is 465 g/mol. The number of fused-ring (bicyclic) bond motifs is 1. The molecule has 33 heavy (non-hydrogen) atoms. The minimum absolute atomic E-state index is 0. The van der Waals surface area contributed by atoms with Gasteiger partial charge in [-0.15, -0.1) is 0 Å². The monoisotopic (exact) mass is 465 g/mol.